The van der Waals surface area contributed by atoms with Gasteiger partial charge in [0.05, 0.1) is 6.42 Å². The zero-order chi connectivity index (χ0) is 26.0. The Bertz CT molecular complexity index is 969. The van der Waals surface area contributed by atoms with Crippen molar-refractivity contribution in [3.05, 3.63) is 35.4 Å². The predicted molar refractivity (Wildman–Crippen MR) is 118 cm³/mol. The van der Waals surface area contributed by atoms with Gasteiger partial charge in [-0.2, -0.15) is 0 Å². The molecule has 0 unspecified atom stereocenters. The number of nitrogens with zero attached hydrogens (tertiary/aromatic N) is 2. The SMILES string of the molecule is CCC(=O)Cc1ccc(CCC(=O)ON2C(=O)CCC2=O)cc1.CCC(=O)ON1C(=O)CCC1=O. The summed E-state index contributed by atoms with van der Waals surface area (Å²) in [6.45, 7) is 3.42. The van der Waals surface area contributed by atoms with Gasteiger partial charge in [-0.15, -0.1) is 10.1 Å². The molecule has 0 radical (unpaired) electrons. The van der Waals surface area contributed by atoms with E-state index in [1.54, 1.807) is 6.92 Å². The first-order valence-electron chi connectivity index (χ1n) is 11.4. The summed E-state index contributed by atoms with van der Waals surface area (Å²) in [5, 5.41) is 1.10. The molecule has 188 valence electrons. The Morgan fingerprint density at radius 1 is 0.686 bits per heavy atom. The monoisotopic (exact) mass is 488 g/mol. The molecule has 0 saturated carbocycles. The van der Waals surface area contributed by atoms with Gasteiger partial charge in [0.25, 0.3) is 23.6 Å². The molecule has 11 heteroatoms. The number of rotatable bonds is 9. The summed E-state index contributed by atoms with van der Waals surface area (Å²) >= 11 is 0. The molecule has 2 saturated heterocycles. The molecule has 11 nitrogen and oxygen atoms in total. The van der Waals surface area contributed by atoms with E-state index in [2.05, 4.69) is 4.84 Å². The van der Waals surface area contributed by atoms with Crippen LogP contribution in [0.1, 0.15) is 69.9 Å². The molecule has 0 atom stereocenters. The van der Waals surface area contributed by atoms with Gasteiger partial charge >= 0.3 is 11.9 Å². The molecule has 2 fully saturated rings. The first-order valence-corrected chi connectivity index (χ1v) is 11.4. The molecule has 0 spiro atoms. The maximum absolute atomic E-state index is 11.7. The van der Waals surface area contributed by atoms with Crippen molar-refractivity contribution in [1.82, 2.24) is 10.1 Å². The number of hydrogen-bond acceptors (Lipinski definition) is 9. The minimum atomic E-state index is -0.612. The lowest BCUT2D eigenvalue weighted by atomic mass is 10.0. The number of hydrogen-bond donors (Lipinski definition) is 0. The van der Waals surface area contributed by atoms with Gasteiger partial charge in [-0.3, -0.25) is 24.0 Å². The zero-order valence-corrected chi connectivity index (χ0v) is 19.7. The average Bonchev–Trinajstić information content (AvgIpc) is 3.34. The summed E-state index contributed by atoms with van der Waals surface area (Å²) in [6, 6.07) is 7.44. The van der Waals surface area contributed by atoms with Crippen molar-refractivity contribution < 1.29 is 43.2 Å². The van der Waals surface area contributed by atoms with E-state index in [4.69, 9.17) is 4.84 Å². The lowest BCUT2D eigenvalue weighted by Crippen LogP contribution is -2.32. The molecular weight excluding hydrogens is 460 g/mol. The van der Waals surface area contributed by atoms with Gasteiger partial charge in [-0.25, -0.2) is 9.59 Å². The fourth-order valence-electron chi connectivity index (χ4n) is 3.05. The highest BCUT2D eigenvalue weighted by Crippen LogP contribution is 2.14. The van der Waals surface area contributed by atoms with Crippen LogP contribution >= 0.6 is 0 Å². The van der Waals surface area contributed by atoms with Gasteiger partial charge in [0.15, 0.2) is 0 Å². The van der Waals surface area contributed by atoms with Crippen molar-refractivity contribution in [2.75, 3.05) is 0 Å². The van der Waals surface area contributed by atoms with Crippen LogP contribution in [-0.4, -0.2) is 51.5 Å². The first-order chi connectivity index (χ1) is 16.6. The summed E-state index contributed by atoms with van der Waals surface area (Å²) in [5.74, 6) is -2.84. The minimum Gasteiger partial charge on any atom is -0.330 e. The van der Waals surface area contributed by atoms with Gasteiger partial charge in [-0.1, -0.05) is 38.1 Å². The molecule has 4 amide bonds. The Hall–Kier alpha value is -3.89. The topological polar surface area (TPSA) is 144 Å². The molecule has 35 heavy (non-hydrogen) atoms. The van der Waals surface area contributed by atoms with Crippen molar-refractivity contribution in [3.63, 3.8) is 0 Å². The average molecular weight is 488 g/mol. The number of aryl methyl sites for hydroxylation is 1. The van der Waals surface area contributed by atoms with Crippen molar-refractivity contribution in [2.24, 2.45) is 0 Å². The van der Waals surface area contributed by atoms with Gasteiger partial charge in [0.1, 0.15) is 5.78 Å². The summed E-state index contributed by atoms with van der Waals surface area (Å²) in [5.41, 5.74) is 1.87. The number of ketones is 1. The number of hydroxylamine groups is 4. The van der Waals surface area contributed by atoms with E-state index >= 15 is 0 Å². The van der Waals surface area contributed by atoms with E-state index in [9.17, 15) is 33.6 Å². The van der Waals surface area contributed by atoms with E-state index in [-0.39, 0.29) is 44.3 Å². The van der Waals surface area contributed by atoms with Crippen molar-refractivity contribution in [1.29, 1.82) is 0 Å². The molecule has 0 aromatic heterocycles. The molecule has 2 heterocycles. The van der Waals surface area contributed by atoms with Crippen molar-refractivity contribution in [2.45, 2.75) is 71.6 Å². The quantitative estimate of drug-likeness (QED) is 0.475. The summed E-state index contributed by atoms with van der Waals surface area (Å²) in [4.78, 5) is 87.5. The Balaban J connectivity index is 0.000000303. The van der Waals surface area contributed by atoms with E-state index in [0.29, 0.717) is 29.4 Å². The Morgan fingerprint density at radius 2 is 1.11 bits per heavy atom. The summed E-state index contributed by atoms with van der Waals surface area (Å²) in [6.07, 6.45) is 2.04. The molecule has 0 N–H and O–H groups in total. The molecular formula is C24H28N2O9. The number of benzene rings is 1. The predicted octanol–water partition coefficient (Wildman–Crippen LogP) is 1.75. The maximum Gasteiger partial charge on any atom is 0.333 e. The Labute approximate surface area is 202 Å². The van der Waals surface area contributed by atoms with Crippen LogP contribution in [0.2, 0.25) is 0 Å². The third-order valence-corrected chi connectivity index (χ3v) is 5.12. The summed E-state index contributed by atoms with van der Waals surface area (Å²) in [7, 11) is 0. The second kappa shape index (κ2) is 13.1. The highest BCUT2D eigenvalue weighted by atomic mass is 16.7. The molecule has 3 rings (SSSR count). The highest BCUT2D eigenvalue weighted by molar-refractivity contribution is 6.02. The fourth-order valence-corrected chi connectivity index (χ4v) is 3.05. The second-order valence-electron chi connectivity index (χ2n) is 7.83. The van der Waals surface area contributed by atoms with E-state index < -0.39 is 35.6 Å². The molecule has 1 aromatic carbocycles. The number of carbonyl (C=O) groups is 7. The first kappa shape index (κ1) is 27.4. The number of carbonyl (C=O) groups excluding carboxylic acids is 7. The third kappa shape index (κ3) is 8.43. The normalized spacial score (nSPS) is 15.1. The molecule has 0 bridgehead atoms. The van der Waals surface area contributed by atoms with E-state index in [1.165, 1.54) is 0 Å². The molecule has 2 aliphatic rings. The van der Waals surface area contributed by atoms with Crippen molar-refractivity contribution >= 4 is 41.4 Å². The van der Waals surface area contributed by atoms with Crippen LogP contribution in [0.25, 0.3) is 0 Å². The lowest BCUT2D eigenvalue weighted by molar-refractivity contribution is -0.197. The van der Waals surface area contributed by atoms with Crippen LogP contribution < -0.4 is 0 Å². The Morgan fingerprint density at radius 3 is 1.54 bits per heavy atom. The smallest absolute Gasteiger partial charge is 0.330 e. The Kier molecular flexibility index (Phi) is 10.2. The largest absolute Gasteiger partial charge is 0.333 e. The number of Topliss-reactive ketones (excluding diaryl/α,β-unsaturated/α-hetero) is 1. The molecule has 0 aliphatic carbocycles. The van der Waals surface area contributed by atoms with Crippen LogP contribution in [-0.2, 0) is 56.1 Å². The van der Waals surface area contributed by atoms with Gasteiger partial charge in [0.2, 0.25) is 0 Å². The van der Waals surface area contributed by atoms with Gasteiger partial charge < -0.3 is 9.68 Å². The van der Waals surface area contributed by atoms with Crippen LogP contribution in [0.15, 0.2) is 24.3 Å². The number of imide groups is 2. The second-order valence-corrected chi connectivity index (χ2v) is 7.83. The van der Waals surface area contributed by atoms with Crippen LogP contribution in [0, 0.1) is 0 Å². The lowest BCUT2D eigenvalue weighted by Gasteiger charge is -2.12. The van der Waals surface area contributed by atoms with Crippen LogP contribution in [0.5, 0.6) is 0 Å². The standard InChI is InChI=1S/C17H19NO5.C7H9NO4/c1-2-14(19)11-13-5-3-12(4-6-13)7-10-17(22)23-18-15(20)8-9-16(18)21;1-2-7(11)12-8-5(9)3-4-6(8)10/h3-6H,2,7-11H2,1H3;2-4H2,1H3. The highest BCUT2D eigenvalue weighted by Gasteiger charge is 2.33. The van der Waals surface area contributed by atoms with E-state index in [0.717, 1.165) is 11.1 Å². The van der Waals surface area contributed by atoms with Crippen molar-refractivity contribution in [3.8, 4) is 0 Å². The maximum atomic E-state index is 11.7. The molecule has 2 aliphatic heterocycles. The van der Waals surface area contributed by atoms with Gasteiger partial charge in [-0.05, 0) is 17.5 Å². The van der Waals surface area contributed by atoms with Gasteiger partial charge in [0, 0.05) is 44.9 Å². The third-order valence-electron chi connectivity index (χ3n) is 5.12. The molecule has 1 aromatic rings. The fraction of sp³-hybridized carbons (Fsp3) is 0.458. The minimum absolute atomic E-state index is 0.0737. The van der Waals surface area contributed by atoms with Crippen LogP contribution in [0.3, 0.4) is 0 Å². The zero-order valence-electron chi connectivity index (χ0n) is 19.7. The van der Waals surface area contributed by atoms with E-state index in [1.807, 2.05) is 31.2 Å². The number of amides is 4. The van der Waals surface area contributed by atoms with Crippen LogP contribution in [0.4, 0.5) is 0 Å². The summed E-state index contributed by atoms with van der Waals surface area (Å²) < 4.78 is 0.